The summed E-state index contributed by atoms with van der Waals surface area (Å²) in [5.74, 6) is 1.19. The molecule has 3 aromatic rings. The molecule has 1 atom stereocenters. The number of rotatable bonds is 4. The van der Waals surface area contributed by atoms with Crippen LogP contribution in [0.5, 0.6) is 5.75 Å². The first kappa shape index (κ1) is 21.9. The van der Waals surface area contributed by atoms with Gasteiger partial charge in [0.05, 0.1) is 13.3 Å². The summed E-state index contributed by atoms with van der Waals surface area (Å²) >= 11 is 0. The molecule has 1 unspecified atom stereocenters. The highest BCUT2D eigenvalue weighted by Gasteiger charge is 2.42. The van der Waals surface area contributed by atoms with E-state index < -0.39 is 6.04 Å². The van der Waals surface area contributed by atoms with Gasteiger partial charge in [0, 0.05) is 23.4 Å². The van der Waals surface area contributed by atoms with Gasteiger partial charge in [-0.05, 0) is 48.1 Å². The zero-order valence-electron chi connectivity index (χ0n) is 19.8. The Bertz CT molecular complexity index is 1320. The van der Waals surface area contributed by atoms with E-state index in [9.17, 15) is 9.59 Å². The molecule has 1 aliphatic carbocycles. The molecule has 1 amide bonds. The Kier molecular flexibility index (Phi) is 5.27. The first-order chi connectivity index (χ1) is 16.3. The van der Waals surface area contributed by atoms with Crippen LogP contribution in [0.25, 0.3) is 0 Å². The number of nitrogens with one attached hydrogen (secondary N) is 2. The van der Waals surface area contributed by atoms with E-state index in [1.54, 1.807) is 18.0 Å². The number of Topliss-reactive ketones (excluding diaryl/α,β-unsaturated/α-hetero) is 1. The van der Waals surface area contributed by atoms with E-state index in [0.717, 1.165) is 28.3 Å². The normalized spacial score (nSPS) is 18.6. The van der Waals surface area contributed by atoms with Gasteiger partial charge in [0.25, 0.3) is 5.91 Å². The van der Waals surface area contributed by atoms with Crippen LogP contribution in [0, 0.1) is 12.3 Å². The Hall–Kier alpha value is -3.87. The zero-order chi connectivity index (χ0) is 24.0. The number of hydrogen-bond donors (Lipinski definition) is 2. The lowest BCUT2D eigenvalue weighted by Gasteiger charge is -2.39. The third-order valence-electron chi connectivity index (χ3n) is 6.57. The number of carbonyl (C=O) groups excluding carboxylic acids is 2. The van der Waals surface area contributed by atoms with Crippen molar-refractivity contribution in [1.82, 2.24) is 9.78 Å². The van der Waals surface area contributed by atoms with E-state index in [0.29, 0.717) is 29.8 Å². The highest BCUT2D eigenvalue weighted by Crippen LogP contribution is 2.46. The number of methoxy groups -OCH3 is 1. The minimum absolute atomic E-state index is 0.103. The van der Waals surface area contributed by atoms with Gasteiger partial charge in [-0.25, -0.2) is 4.68 Å². The summed E-state index contributed by atoms with van der Waals surface area (Å²) in [6.45, 7) is 6.14. The van der Waals surface area contributed by atoms with Crippen molar-refractivity contribution in [1.29, 1.82) is 0 Å². The van der Waals surface area contributed by atoms with Gasteiger partial charge < -0.3 is 15.4 Å². The molecule has 0 saturated heterocycles. The molecule has 7 nitrogen and oxygen atoms in total. The Balaban J connectivity index is 1.60. The number of carbonyl (C=O) groups is 2. The Morgan fingerprint density at radius 3 is 2.59 bits per heavy atom. The van der Waals surface area contributed by atoms with Crippen molar-refractivity contribution in [3.63, 3.8) is 0 Å². The van der Waals surface area contributed by atoms with Gasteiger partial charge in [0.15, 0.2) is 5.78 Å². The van der Waals surface area contributed by atoms with Crippen molar-refractivity contribution in [3.8, 4) is 5.75 Å². The number of anilines is 2. The Morgan fingerprint density at radius 1 is 1.15 bits per heavy atom. The standard InChI is InChI=1S/C27H28N4O3/c1-16-7-5-6-8-20(16)30-26(33)19-15-28-31-24(17-9-11-18(34-4)12-10-17)23-21(29-25(19)31)13-27(2,3)14-22(23)32/h5-12,15,24,29H,13-14H2,1-4H3,(H,30,33). The number of ketones is 1. The summed E-state index contributed by atoms with van der Waals surface area (Å²) in [4.78, 5) is 26.6. The number of ether oxygens (including phenoxy) is 1. The summed E-state index contributed by atoms with van der Waals surface area (Å²) in [6, 6.07) is 14.9. The fraction of sp³-hybridized carbons (Fsp3) is 0.296. The largest absolute Gasteiger partial charge is 0.497 e. The molecule has 5 rings (SSSR count). The number of hydrogen-bond acceptors (Lipinski definition) is 5. The number of aromatic nitrogens is 2. The second kappa shape index (κ2) is 8.17. The molecule has 1 aromatic heterocycles. The van der Waals surface area contributed by atoms with Gasteiger partial charge in [-0.2, -0.15) is 5.10 Å². The summed E-state index contributed by atoms with van der Waals surface area (Å²) in [6.07, 6.45) is 2.75. The minimum atomic E-state index is -0.416. The lowest BCUT2D eigenvalue weighted by molar-refractivity contribution is -0.118. The maximum atomic E-state index is 13.3. The summed E-state index contributed by atoms with van der Waals surface area (Å²) in [7, 11) is 1.62. The number of allylic oxidation sites excluding steroid dienone is 2. The molecule has 0 bridgehead atoms. The number of fused-ring (bicyclic) bond motifs is 1. The highest BCUT2D eigenvalue weighted by atomic mass is 16.5. The Morgan fingerprint density at radius 2 is 1.88 bits per heavy atom. The van der Waals surface area contributed by atoms with Gasteiger partial charge in [-0.15, -0.1) is 0 Å². The summed E-state index contributed by atoms with van der Waals surface area (Å²) in [5.41, 5.74) is 4.49. The van der Waals surface area contributed by atoms with Crippen molar-refractivity contribution in [2.24, 2.45) is 5.41 Å². The molecule has 2 aromatic carbocycles. The predicted octanol–water partition coefficient (Wildman–Crippen LogP) is 5.11. The van der Waals surface area contributed by atoms with Crippen LogP contribution in [0.3, 0.4) is 0 Å². The van der Waals surface area contributed by atoms with Gasteiger partial charge >= 0.3 is 0 Å². The second-order valence-electron chi connectivity index (χ2n) is 9.75. The molecule has 2 aliphatic rings. The predicted molar refractivity (Wildman–Crippen MR) is 131 cm³/mol. The number of nitrogens with zero attached hydrogens (tertiary/aromatic N) is 2. The monoisotopic (exact) mass is 456 g/mol. The molecular weight excluding hydrogens is 428 g/mol. The van der Waals surface area contributed by atoms with Gasteiger partial charge in [-0.1, -0.05) is 44.2 Å². The van der Waals surface area contributed by atoms with Crippen molar-refractivity contribution in [2.75, 3.05) is 17.7 Å². The van der Waals surface area contributed by atoms with Crippen LogP contribution >= 0.6 is 0 Å². The van der Waals surface area contributed by atoms with Crippen LogP contribution in [0.15, 0.2) is 66.0 Å². The second-order valence-corrected chi connectivity index (χ2v) is 9.75. The quantitative estimate of drug-likeness (QED) is 0.570. The van der Waals surface area contributed by atoms with E-state index in [-0.39, 0.29) is 17.1 Å². The lowest BCUT2D eigenvalue weighted by Crippen LogP contribution is -2.37. The third kappa shape index (κ3) is 3.77. The molecule has 7 heteroatoms. The number of para-hydroxylation sites is 1. The lowest BCUT2D eigenvalue weighted by atomic mass is 9.73. The number of benzene rings is 2. The van der Waals surface area contributed by atoms with Crippen LogP contribution in [0.4, 0.5) is 11.5 Å². The molecular formula is C27H28N4O3. The van der Waals surface area contributed by atoms with Crippen LogP contribution in [0.1, 0.15) is 54.2 Å². The zero-order valence-corrected chi connectivity index (χ0v) is 19.8. The molecule has 174 valence electrons. The van der Waals surface area contributed by atoms with E-state index >= 15 is 0 Å². The smallest absolute Gasteiger partial charge is 0.261 e. The average molecular weight is 457 g/mol. The van der Waals surface area contributed by atoms with Crippen molar-refractivity contribution >= 4 is 23.2 Å². The number of aryl methyl sites for hydroxylation is 1. The van der Waals surface area contributed by atoms with E-state index in [1.807, 2.05) is 55.5 Å². The fourth-order valence-electron chi connectivity index (χ4n) is 4.87. The topological polar surface area (TPSA) is 85.2 Å². The van der Waals surface area contributed by atoms with E-state index in [1.165, 1.54) is 0 Å². The average Bonchev–Trinajstić information content (AvgIpc) is 3.22. The summed E-state index contributed by atoms with van der Waals surface area (Å²) < 4.78 is 7.07. The molecule has 0 saturated carbocycles. The minimum Gasteiger partial charge on any atom is -0.497 e. The summed E-state index contributed by atoms with van der Waals surface area (Å²) in [5, 5.41) is 11.0. The van der Waals surface area contributed by atoms with Crippen molar-refractivity contribution in [2.45, 2.75) is 39.7 Å². The van der Waals surface area contributed by atoms with E-state index in [2.05, 4.69) is 29.6 Å². The van der Waals surface area contributed by atoms with Gasteiger partial charge in [-0.3, -0.25) is 9.59 Å². The van der Waals surface area contributed by atoms with Crippen LogP contribution in [0.2, 0.25) is 0 Å². The van der Waals surface area contributed by atoms with Crippen molar-refractivity contribution < 1.29 is 14.3 Å². The molecule has 34 heavy (non-hydrogen) atoms. The van der Waals surface area contributed by atoms with Gasteiger partial charge in [0.1, 0.15) is 23.2 Å². The molecule has 0 radical (unpaired) electrons. The van der Waals surface area contributed by atoms with Crippen LogP contribution < -0.4 is 15.4 Å². The van der Waals surface area contributed by atoms with Gasteiger partial charge in [0.2, 0.25) is 0 Å². The maximum Gasteiger partial charge on any atom is 0.261 e. The first-order valence-electron chi connectivity index (χ1n) is 11.4. The third-order valence-corrected chi connectivity index (χ3v) is 6.57. The molecule has 2 heterocycles. The van der Waals surface area contributed by atoms with E-state index in [4.69, 9.17) is 4.74 Å². The van der Waals surface area contributed by atoms with Crippen molar-refractivity contribution in [3.05, 3.63) is 82.7 Å². The SMILES string of the molecule is COc1ccc(C2C3=C(CC(C)(C)CC3=O)Nc3c(C(=O)Nc4ccccc4C)cnn32)cc1. The first-order valence-corrected chi connectivity index (χ1v) is 11.4. The molecule has 0 fully saturated rings. The van der Waals surface area contributed by atoms with Crippen LogP contribution in [-0.2, 0) is 4.79 Å². The molecule has 0 spiro atoms. The number of amides is 1. The highest BCUT2D eigenvalue weighted by molar-refractivity contribution is 6.08. The molecule has 1 aliphatic heterocycles. The van der Waals surface area contributed by atoms with Crippen LogP contribution in [-0.4, -0.2) is 28.6 Å². The molecule has 2 N–H and O–H groups in total. The maximum absolute atomic E-state index is 13.3. The Labute approximate surface area is 198 Å². The fourth-order valence-corrected chi connectivity index (χ4v) is 4.87.